The number of hydrogen-bond donors (Lipinski definition) is 0. The summed E-state index contributed by atoms with van der Waals surface area (Å²) in [5.41, 5.74) is 1.71. The number of hydrogen-bond acceptors (Lipinski definition) is 1. The summed E-state index contributed by atoms with van der Waals surface area (Å²) in [6.45, 7) is 15.7. The van der Waals surface area contributed by atoms with Crippen LogP contribution in [0.1, 0.15) is 84.8 Å². The van der Waals surface area contributed by atoms with Crippen molar-refractivity contribution in [2.45, 2.75) is 85.2 Å². The van der Waals surface area contributed by atoms with Gasteiger partial charge in [-0.15, -0.1) is 0 Å². The normalized spacial score (nSPS) is 15.9. The van der Waals surface area contributed by atoms with Crippen LogP contribution in [0.25, 0.3) is 0 Å². The molecule has 0 amide bonds. The largest absolute Gasteiger partial charge is 0.416 e. The number of nitrogens with zero attached hydrogens (tertiary/aromatic N) is 2. The number of halogens is 3. The van der Waals surface area contributed by atoms with E-state index in [-0.39, 0.29) is 0 Å². The first-order chi connectivity index (χ1) is 14.5. The fourth-order valence-electron chi connectivity index (χ4n) is 4.14. The Balaban J connectivity index is 2.47. The summed E-state index contributed by atoms with van der Waals surface area (Å²) in [5, 5.41) is 0. The molecule has 0 saturated carbocycles. The third-order valence-electron chi connectivity index (χ3n) is 6.19. The standard InChI is InChI=1S/C26H40F3N2/c1-7-9-15-30(16-10-8-2)17-14-24-25(5,6)22-19-21(26(27,28)29)11-12-23(22)31(24)18-13-20(3)4/h11-12,14,17,19-20H,7-10,13,15-16,18H2,1-6H3/q+1. The smallest absolute Gasteiger partial charge is 0.377 e. The van der Waals surface area contributed by atoms with Crippen LogP contribution in [0.4, 0.5) is 18.9 Å². The summed E-state index contributed by atoms with van der Waals surface area (Å²) < 4.78 is 42.5. The van der Waals surface area contributed by atoms with Crippen LogP contribution in [0.15, 0.2) is 30.5 Å². The van der Waals surface area contributed by atoms with Crippen molar-refractivity contribution in [2.24, 2.45) is 5.92 Å². The SMILES string of the molecule is CCCCN(/C=C/C1=[N+](CCC(C)C)c2ccc(C(F)(F)F)cc2C1(C)C)CCCC. The van der Waals surface area contributed by atoms with E-state index in [2.05, 4.69) is 49.4 Å². The maximum Gasteiger partial charge on any atom is 0.416 e. The van der Waals surface area contributed by atoms with Gasteiger partial charge in [0.15, 0.2) is 5.71 Å². The number of unbranched alkanes of at least 4 members (excludes halogenated alkanes) is 2. The summed E-state index contributed by atoms with van der Waals surface area (Å²) in [6.07, 6.45) is 5.54. The highest BCUT2D eigenvalue weighted by Crippen LogP contribution is 2.43. The highest BCUT2D eigenvalue weighted by Gasteiger charge is 2.46. The van der Waals surface area contributed by atoms with E-state index in [9.17, 15) is 13.2 Å². The van der Waals surface area contributed by atoms with Gasteiger partial charge >= 0.3 is 6.18 Å². The van der Waals surface area contributed by atoms with Crippen LogP contribution < -0.4 is 0 Å². The lowest BCUT2D eigenvalue weighted by Gasteiger charge is -2.21. The molecule has 1 heterocycles. The Hall–Kier alpha value is -1.78. The van der Waals surface area contributed by atoms with Crippen molar-refractivity contribution >= 4 is 11.4 Å². The Morgan fingerprint density at radius 3 is 2.19 bits per heavy atom. The highest BCUT2D eigenvalue weighted by molar-refractivity contribution is 6.03. The zero-order valence-electron chi connectivity index (χ0n) is 20.1. The third-order valence-corrected chi connectivity index (χ3v) is 6.19. The molecule has 0 saturated heterocycles. The molecule has 2 rings (SSSR count). The van der Waals surface area contributed by atoms with Crippen molar-refractivity contribution in [3.8, 4) is 0 Å². The highest BCUT2D eigenvalue weighted by atomic mass is 19.4. The molecule has 174 valence electrons. The molecule has 1 aromatic rings. The molecule has 1 aliphatic heterocycles. The van der Waals surface area contributed by atoms with Gasteiger partial charge in [0.1, 0.15) is 6.54 Å². The molecule has 0 atom stereocenters. The lowest BCUT2D eigenvalue weighted by molar-refractivity contribution is -0.439. The molecular formula is C26H40F3N2+. The minimum atomic E-state index is -4.33. The first-order valence-electron chi connectivity index (χ1n) is 11.8. The molecule has 0 radical (unpaired) electrons. The van der Waals surface area contributed by atoms with E-state index in [0.717, 1.165) is 68.7 Å². The number of alkyl halides is 3. The molecule has 2 nitrogen and oxygen atoms in total. The van der Waals surface area contributed by atoms with E-state index in [1.807, 2.05) is 13.8 Å². The molecule has 0 fully saturated rings. The van der Waals surface area contributed by atoms with E-state index < -0.39 is 17.2 Å². The van der Waals surface area contributed by atoms with E-state index in [1.54, 1.807) is 6.07 Å². The number of fused-ring (bicyclic) bond motifs is 1. The molecule has 0 aliphatic carbocycles. The van der Waals surface area contributed by atoms with Crippen molar-refractivity contribution < 1.29 is 17.7 Å². The first-order valence-corrected chi connectivity index (χ1v) is 11.8. The van der Waals surface area contributed by atoms with Gasteiger partial charge in [0, 0.05) is 43.4 Å². The number of rotatable bonds is 11. The van der Waals surface area contributed by atoms with Gasteiger partial charge in [-0.2, -0.15) is 17.7 Å². The van der Waals surface area contributed by atoms with Gasteiger partial charge in [0.25, 0.3) is 0 Å². The molecule has 1 aromatic carbocycles. The van der Waals surface area contributed by atoms with Crippen LogP contribution in [-0.2, 0) is 11.6 Å². The van der Waals surface area contributed by atoms with Gasteiger partial charge in [-0.05, 0) is 44.7 Å². The van der Waals surface area contributed by atoms with Crippen LogP contribution in [0.2, 0.25) is 0 Å². The molecule has 0 aromatic heterocycles. The van der Waals surface area contributed by atoms with Crippen LogP contribution in [0, 0.1) is 5.92 Å². The van der Waals surface area contributed by atoms with Crippen LogP contribution >= 0.6 is 0 Å². The Bertz CT molecular complexity index is 780. The van der Waals surface area contributed by atoms with Gasteiger partial charge in [0.05, 0.1) is 11.0 Å². The average Bonchev–Trinajstić information content (AvgIpc) is 2.91. The lowest BCUT2D eigenvalue weighted by Crippen LogP contribution is -2.29. The van der Waals surface area contributed by atoms with Gasteiger partial charge in [0.2, 0.25) is 5.69 Å². The molecule has 0 bridgehead atoms. The van der Waals surface area contributed by atoms with Gasteiger partial charge in [-0.1, -0.05) is 40.5 Å². The lowest BCUT2D eigenvalue weighted by atomic mass is 9.81. The zero-order valence-corrected chi connectivity index (χ0v) is 20.1. The minimum absolute atomic E-state index is 0.481. The molecule has 0 unspecified atom stereocenters. The van der Waals surface area contributed by atoms with Crippen molar-refractivity contribution in [1.82, 2.24) is 4.90 Å². The first kappa shape index (κ1) is 25.5. The predicted molar refractivity (Wildman–Crippen MR) is 124 cm³/mol. The molecule has 31 heavy (non-hydrogen) atoms. The molecule has 0 N–H and O–H groups in total. The summed E-state index contributed by atoms with van der Waals surface area (Å²) in [7, 11) is 0. The summed E-state index contributed by atoms with van der Waals surface area (Å²) >= 11 is 0. The summed E-state index contributed by atoms with van der Waals surface area (Å²) in [6, 6.07) is 4.23. The molecule has 1 aliphatic rings. The second kappa shape index (κ2) is 10.7. The monoisotopic (exact) mass is 437 g/mol. The quantitative estimate of drug-likeness (QED) is 0.324. The maximum absolute atomic E-state index is 13.4. The molecular weight excluding hydrogens is 397 g/mol. The van der Waals surface area contributed by atoms with E-state index in [0.29, 0.717) is 5.92 Å². The summed E-state index contributed by atoms with van der Waals surface area (Å²) in [4.78, 5) is 2.36. The Morgan fingerprint density at radius 1 is 1.06 bits per heavy atom. The Labute approximate surface area is 186 Å². The van der Waals surface area contributed by atoms with Gasteiger partial charge in [-0.3, -0.25) is 0 Å². The van der Waals surface area contributed by atoms with Crippen LogP contribution in [0.5, 0.6) is 0 Å². The van der Waals surface area contributed by atoms with Crippen LogP contribution in [-0.4, -0.2) is 34.8 Å². The van der Waals surface area contributed by atoms with Gasteiger partial charge in [-0.25, -0.2) is 0 Å². The topological polar surface area (TPSA) is 6.25 Å². The van der Waals surface area contributed by atoms with E-state index in [4.69, 9.17) is 0 Å². The Morgan fingerprint density at radius 2 is 1.68 bits per heavy atom. The maximum atomic E-state index is 13.4. The molecule has 5 heteroatoms. The minimum Gasteiger partial charge on any atom is -0.377 e. The summed E-state index contributed by atoms with van der Waals surface area (Å²) in [5.74, 6) is 0.525. The second-order valence-corrected chi connectivity index (χ2v) is 9.63. The zero-order chi connectivity index (χ0) is 23.2. The van der Waals surface area contributed by atoms with Crippen molar-refractivity contribution in [1.29, 1.82) is 0 Å². The fourth-order valence-corrected chi connectivity index (χ4v) is 4.14. The average molecular weight is 438 g/mol. The number of allylic oxidation sites excluding steroid dienone is 1. The van der Waals surface area contributed by atoms with Crippen LogP contribution in [0.3, 0.4) is 0 Å². The fraction of sp³-hybridized carbons (Fsp3) is 0.654. The number of benzene rings is 1. The molecule has 0 spiro atoms. The van der Waals surface area contributed by atoms with Crippen molar-refractivity contribution in [3.63, 3.8) is 0 Å². The second-order valence-electron chi connectivity index (χ2n) is 9.63. The predicted octanol–water partition coefficient (Wildman–Crippen LogP) is 7.54. The third kappa shape index (κ3) is 6.36. The van der Waals surface area contributed by atoms with E-state index in [1.165, 1.54) is 12.1 Å². The van der Waals surface area contributed by atoms with E-state index >= 15 is 0 Å². The van der Waals surface area contributed by atoms with Crippen molar-refractivity contribution in [2.75, 3.05) is 19.6 Å². The Kier molecular flexibility index (Phi) is 8.79. The van der Waals surface area contributed by atoms with Crippen molar-refractivity contribution in [3.05, 3.63) is 41.6 Å². The van der Waals surface area contributed by atoms with Gasteiger partial charge < -0.3 is 4.90 Å².